The molecule has 0 saturated carbocycles. The van der Waals surface area contributed by atoms with Gasteiger partial charge >= 0.3 is 6.03 Å². The molecule has 0 atom stereocenters. The van der Waals surface area contributed by atoms with E-state index < -0.39 is 0 Å². The number of anilines is 2. The number of aromatic nitrogens is 4. The molecule has 0 saturated heterocycles. The summed E-state index contributed by atoms with van der Waals surface area (Å²) >= 11 is 0. The van der Waals surface area contributed by atoms with Crippen molar-refractivity contribution in [3.05, 3.63) is 54.0 Å². The molecule has 23 heavy (non-hydrogen) atoms. The fraction of sp³-hybridized carbons (Fsp3) is 0.188. The van der Waals surface area contributed by atoms with Crippen LogP contribution in [0.2, 0.25) is 0 Å². The van der Waals surface area contributed by atoms with Gasteiger partial charge in [-0.25, -0.2) is 9.48 Å². The third-order valence-corrected chi connectivity index (χ3v) is 3.37. The first kappa shape index (κ1) is 14.8. The molecule has 2 N–H and O–H groups in total. The number of nitrogens with one attached hydrogen (secondary N) is 2. The Kier molecular flexibility index (Phi) is 3.84. The van der Waals surface area contributed by atoms with E-state index >= 15 is 0 Å². The molecule has 0 aliphatic rings. The highest BCUT2D eigenvalue weighted by Crippen LogP contribution is 2.16. The van der Waals surface area contributed by atoms with Crippen LogP contribution in [0, 0.1) is 13.8 Å². The molecule has 2 amide bonds. The van der Waals surface area contributed by atoms with Gasteiger partial charge in [-0.3, -0.25) is 10.00 Å². The zero-order valence-electron chi connectivity index (χ0n) is 13.2. The van der Waals surface area contributed by atoms with Gasteiger partial charge < -0.3 is 5.32 Å². The number of hydrogen-bond donors (Lipinski definition) is 2. The summed E-state index contributed by atoms with van der Waals surface area (Å²) in [6, 6.07) is 9.51. The maximum atomic E-state index is 12.0. The molecular formula is C16H18N6O. The fourth-order valence-electron chi connectivity index (χ4n) is 2.25. The van der Waals surface area contributed by atoms with Gasteiger partial charge in [0.05, 0.1) is 17.6 Å². The fourth-order valence-corrected chi connectivity index (χ4v) is 2.25. The minimum absolute atomic E-state index is 0.355. The molecule has 118 valence electrons. The zero-order chi connectivity index (χ0) is 16.4. The van der Waals surface area contributed by atoms with Crippen LogP contribution in [0.4, 0.5) is 16.3 Å². The van der Waals surface area contributed by atoms with Crippen molar-refractivity contribution in [3.63, 3.8) is 0 Å². The van der Waals surface area contributed by atoms with Gasteiger partial charge in [0.1, 0.15) is 0 Å². The van der Waals surface area contributed by atoms with Crippen LogP contribution < -0.4 is 10.6 Å². The standard InChI is InChI=1S/C16H18N6O/c1-11-4-6-14(7-5-11)22-12(2)8-15(20-22)19-16(23)18-13-9-17-21(3)10-13/h4-10H,1-3H3,(H2,18,19,20,23). The van der Waals surface area contributed by atoms with Gasteiger partial charge in [-0.2, -0.15) is 5.10 Å². The molecule has 3 aromatic rings. The van der Waals surface area contributed by atoms with Crippen LogP contribution in [0.25, 0.3) is 5.69 Å². The third kappa shape index (κ3) is 3.39. The van der Waals surface area contributed by atoms with Crippen molar-refractivity contribution in [1.29, 1.82) is 0 Å². The van der Waals surface area contributed by atoms with Crippen molar-refractivity contribution < 1.29 is 4.79 Å². The summed E-state index contributed by atoms with van der Waals surface area (Å²) in [6.45, 7) is 3.98. The molecule has 2 heterocycles. The minimum atomic E-state index is -0.355. The van der Waals surface area contributed by atoms with Gasteiger partial charge in [-0.1, -0.05) is 17.7 Å². The number of carbonyl (C=O) groups is 1. The number of aryl methyl sites for hydroxylation is 3. The molecular weight excluding hydrogens is 292 g/mol. The van der Waals surface area contributed by atoms with E-state index in [1.54, 1.807) is 28.8 Å². The second-order valence-electron chi connectivity index (χ2n) is 5.40. The van der Waals surface area contributed by atoms with E-state index in [2.05, 4.69) is 20.8 Å². The Labute approximate surface area is 133 Å². The van der Waals surface area contributed by atoms with Crippen molar-refractivity contribution in [2.75, 3.05) is 10.6 Å². The summed E-state index contributed by atoms with van der Waals surface area (Å²) in [5, 5.41) is 13.8. The van der Waals surface area contributed by atoms with Crippen molar-refractivity contribution >= 4 is 17.5 Å². The molecule has 3 rings (SSSR count). The highest BCUT2D eigenvalue weighted by molar-refractivity contribution is 5.99. The van der Waals surface area contributed by atoms with Crippen LogP contribution in [0.3, 0.4) is 0 Å². The van der Waals surface area contributed by atoms with Crippen LogP contribution in [0.1, 0.15) is 11.3 Å². The number of benzene rings is 1. The van der Waals surface area contributed by atoms with Crippen molar-refractivity contribution in [1.82, 2.24) is 19.6 Å². The van der Waals surface area contributed by atoms with E-state index in [-0.39, 0.29) is 6.03 Å². The van der Waals surface area contributed by atoms with Crippen LogP contribution >= 0.6 is 0 Å². The van der Waals surface area contributed by atoms with Crippen LogP contribution in [0.5, 0.6) is 0 Å². The smallest absolute Gasteiger partial charge is 0.305 e. The molecule has 7 nitrogen and oxygen atoms in total. The third-order valence-electron chi connectivity index (χ3n) is 3.37. The lowest BCUT2D eigenvalue weighted by molar-refractivity contribution is 0.262. The minimum Gasteiger partial charge on any atom is -0.305 e. The first-order valence-corrected chi connectivity index (χ1v) is 7.21. The molecule has 0 unspecified atom stereocenters. The van der Waals surface area contributed by atoms with Crippen LogP contribution in [0.15, 0.2) is 42.7 Å². The molecule has 2 aromatic heterocycles. The van der Waals surface area contributed by atoms with Gasteiger partial charge in [-0.15, -0.1) is 5.10 Å². The molecule has 0 radical (unpaired) electrons. The average Bonchev–Trinajstić information content (AvgIpc) is 3.06. The van der Waals surface area contributed by atoms with Crippen LogP contribution in [-0.4, -0.2) is 25.6 Å². The number of carbonyl (C=O) groups excluding carboxylic acids is 1. The van der Waals surface area contributed by atoms with Crippen molar-refractivity contribution in [3.8, 4) is 5.69 Å². The topological polar surface area (TPSA) is 76.8 Å². The van der Waals surface area contributed by atoms with E-state index in [0.29, 0.717) is 11.5 Å². The normalized spacial score (nSPS) is 10.6. The summed E-state index contributed by atoms with van der Waals surface area (Å²) in [5.41, 5.74) is 3.70. The lowest BCUT2D eigenvalue weighted by Gasteiger charge is -2.05. The first-order chi connectivity index (χ1) is 11.0. The van der Waals surface area contributed by atoms with Gasteiger partial charge in [0, 0.05) is 25.0 Å². The quantitative estimate of drug-likeness (QED) is 0.781. The maximum absolute atomic E-state index is 12.0. The molecule has 0 fully saturated rings. The number of nitrogens with zero attached hydrogens (tertiary/aromatic N) is 4. The second kappa shape index (κ2) is 5.96. The monoisotopic (exact) mass is 310 g/mol. The van der Waals surface area contributed by atoms with Gasteiger partial charge in [0.25, 0.3) is 0 Å². The summed E-state index contributed by atoms with van der Waals surface area (Å²) in [4.78, 5) is 12.0. The van der Waals surface area contributed by atoms with Gasteiger partial charge in [-0.05, 0) is 26.0 Å². The largest absolute Gasteiger partial charge is 0.324 e. The van der Waals surface area contributed by atoms with E-state index in [1.807, 2.05) is 44.2 Å². The van der Waals surface area contributed by atoms with E-state index in [1.165, 1.54) is 5.56 Å². The molecule has 0 bridgehead atoms. The van der Waals surface area contributed by atoms with Crippen LogP contribution in [-0.2, 0) is 7.05 Å². The second-order valence-corrected chi connectivity index (χ2v) is 5.40. The van der Waals surface area contributed by atoms with Crippen molar-refractivity contribution in [2.24, 2.45) is 7.05 Å². The van der Waals surface area contributed by atoms with Gasteiger partial charge in [0.2, 0.25) is 0 Å². The maximum Gasteiger partial charge on any atom is 0.324 e. The lowest BCUT2D eigenvalue weighted by atomic mass is 10.2. The van der Waals surface area contributed by atoms with Crippen molar-refractivity contribution in [2.45, 2.75) is 13.8 Å². The van der Waals surface area contributed by atoms with E-state index in [4.69, 9.17) is 0 Å². The highest BCUT2D eigenvalue weighted by atomic mass is 16.2. The Morgan fingerprint density at radius 2 is 1.87 bits per heavy atom. The zero-order valence-corrected chi connectivity index (χ0v) is 13.2. The first-order valence-electron chi connectivity index (χ1n) is 7.21. The predicted molar refractivity (Wildman–Crippen MR) is 88.9 cm³/mol. The number of hydrogen-bond acceptors (Lipinski definition) is 3. The summed E-state index contributed by atoms with van der Waals surface area (Å²) in [7, 11) is 1.79. The Hall–Kier alpha value is -3.09. The predicted octanol–water partition coefficient (Wildman–Crippen LogP) is 2.87. The van der Waals surface area contributed by atoms with E-state index in [9.17, 15) is 4.79 Å². The SMILES string of the molecule is Cc1ccc(-n2nc(NC(=O)Nc3cnn(C)c3)cc2C)cc1. The highest BCUT2D eigenvalue weighted by Gasteiger charge is 2.10. The summed E-state index contributed by atoms with van der Waals surface area (Å²) in [5.74, 6) is 0.490. The molecule has 0 aliphatic carbocycles. The lowest BCUT2D eigenvalue weighted by Crippen LogP contribution is -2.19. The number of rotatable bonds is 3. The Balaban J connectivity index is 1.73. The van der Waals surface area contributed by atoms with Gasteiger partial charge in [0.15, 0.2) is 5.82 Å². The molecule has 0 aliphatic heterocycles. The molecule has 0 spiro atoms. The average molecular weight is 310 g/mol. The Morgan fingerprint density at radius 1 is 1.13 bits per heavy atom. The Bertz CT molecular complexity index is 831. The molecule has 7 heteroatoms. The summed E-state index contributed by atoms with van der Waals surface area (Å²) in [6.07, 6.45) is 3.30. The molecule has 1 aromatic carbocycles. The van der Waals surface area contributed by atoms with E-state index in [0.717, 1.165) is 11.4 Å². The summed E-state index contributed by atoms with van der Waals surface area (Å²) < 4.78 is 3.41. The Morgan fingerprint density at radius 3 is 2.52 bits per heavy atom. The number of urea groups is 1. The number of amides is 2.